The van der Waals surface area contributed by atoms with Gasteiger partial charge in [0.05, 0.1) is 19.8 Å². The molecule has 2 aromatic rings. The van der Waals surface area contributed by atoms with E-state index in [1.807, 2.05) is 41.3 Å². The first-order valence-electron chi connectivity index (χ1n) is 8.18. The number of carbonyl (C=O) groups is 1. The Labute approximate surface area is 156 Å². The smallest absolute Gasteiger partial charge is 0.257 e. The summed E-state index contributed by atoms with van der Waals surface area (Å²) in [6.07, 6.45) is 0.591. The molecule has 0 bridgehead atoms. The highest BCUT2D eigenvalue weighted by molar-refractivity contribution is 9.10. The van der Waals surface area contributed by atoms with Crippen molar-refractivity contribution in [2.75, 3.05) is 26.1 Å². The summed E-state index contributed by atoms with van der Waals surface area (Å²) in [5.74, 6) is 1.30. The Morgan fingerprint density at radius 2 is 1.84 bits per heavy atom. The number of methoxy groups -OCH3 is 2. The molecule has 0 aliphatic carbocycles. The number of hydrogen-bond acceptors (Lipinski definition) is 4. The van der Waals surface area contributed by atoms with Crippen molar-refractivity contribution in [3.8, 4) is 11.5 Å². The molecule has 0 saturated carbocycles. The van der Waals surface area contributed by atoms with E-state index in [4.69, 9.17) is 9.47 Å². The van der Waals surface area contributed by atoms with Crippen LogP contribution in [0.1, 0.15) is 35.4 Å². The van der Waals surface area contributed by atoms with Crippen LogP contribution in [-0.4, -0.2) is 31.6 Å². The third kappa shape index (κ3) is 3.18. The van der Waals surface area contributed by atoms with E-state index < -0.39 is 0 Å². The highest BCUT2D eigenvalue weighted by atomic mass is 79.9. The molecule has 25 heavy (non-hydrogen) atoms. The zero-order valence-corrected chi connectivity index (χ0v) is 16.1. The van der Waals surface area contributed by atoms with Gasteiger partial charge in [-0.2, -0.15) is 0 Å². The van der Waals surface area contributed by atoms with E-state index in [2.05, 4.69) is 28.2 Å². The highest BCUT2D eigenvalue weighted by Crippen LogP contribution is 2.40. The Morgan fingerprint density at radius 1 is 1.16 bits per heavy atom. The lowest BCUT2D eigenvalue weighted by molar-refractivity contribution is 0.0682. The Hall–Kier alpha value is -2.21. The van der Waals surface area contributed by atoms with Crippen molar-refractivity contribution in [1.29, 1.82) is 0 Å². The summed E-state index contributed by atoms with van der Waals surface area (Å²) in [6, 6.07) is 11.4. The van der Waals surface area contributed by atoms with Crippen molar-refractivity contribution in [2.45, 2.75) is 19.5 Å². The normalized spacial score (nSPS) is 16.2. The molecule has 0 unspecified atom stereocenters. The van der Waals surface area contributed by atoms with Crippen LogP contribution in [0.5, 0.6) is 11.5 Å². The number of nitrogens with zero attached hydrogens (tertiary/aromatic N) is 1. The zero-order chi connectivity index (χ0) is 18.0. The van der Waals surface area contributed by atoms with Gasteiger partial charge in [0.25, 0.3) is 5.91 Å². The van der Waals surface area contributed by atoms with Crippen LogP contribution in [-0.2, 0) is 0 Å². The van der Waals surface area contributed by atoms with Gasteiger partial charge in [0, 0.05) is 22.3 Å². The van der Waals surface area contributed by atoms with Crippen LogP contribution in [0, 0.1) is 0 Å². The number of halogens is 1. The Bertz CT molecular complexity index is 794. The molecule has 1 amide bonds. The Balaban J connectivity index is 2.10. The molecule has 2 aromatic carbocycles. The molecular weight excluding hydrogens is 384 g/mol. The quantitative estimate of drug-likeness (QED) is 0.799. The average molecular weight is 405 g/mol. The topological polar surface area (TPSA) is 50.8 Å². The SMILES string of the molecule is CCCN1C(=O)c2ccccc2N[C@@H]1c1cc(OC)c(OC)cc1Br. The molecule has 6 heteroatoms. The highest BCUT2D eigenvalue weighted by Gasteiger charge is 2.33. The molecule has 0 fully saturated rings. The van der Waals surface area contributed by atoms with Gasteiger partial charge < -0.3 is 19.7 Å². The lowest BCUT2D eigenvalue weighted by Gasteiger charge is -2.38. The standard InChI is InChI=1S/C19H21BrN2O3/c1-4-9-22-18(21-15-8-6-5-7-12(15)19(22)23)13-10-16(24-2)17(25-3)11-14(13)20/h5-8,10-11,18,21H,4,9H2,1-3H3/t18-/m0/s1. The number of benzene rings is 2. The molecule has 0 spiro atoms. The van der Waals surface area contributed by atoms with Crippen LogP contribution in [0.4, 0.5) is 5.69 Å². The van der Waals surface area contributed by atoms with E-state index in [0.29, 0.717) is 23.6 Å². The van der Waals surface area contributed by atoms with Gasteiger partial charge in [-0.05, 0) is 30.7 Å². The number of hydrogen-bond donors (Lipinski definition) is 1. The molecule has 1 aliphatic heterocycles. The summed E-state index contributed by atoms with van der Waals surface area (Å²) < 4.78 is 11.6. The summed E-state index contributed by atoms with van der Waals surface area (Å²) in [4.78, 5) is 14.8. The van der Waals surface area contributed by atoms with E-state index in [0.717, 1.165) is 22.1 Å². The maximum Gasteiger partial charge on any atom is 0.257 e. The third-order valence-corrected chi connectivity index (χ3v) is 4.97. The van der Waals surface area contributed by atoms with Gasteiger partial charge >= 0.3 is 0 Å². The lowest BCUT2D eigenvalue weighted by Crippen LogP contribution is -2.43. The van der Waals surface area contributed by atoms with Gasteiger partial charge in [0.15, 0.2) is 11.5 Å². The molecule has 0 aromatic heterocycles. The Kier molecular flexibility index (Phi) is 5.18. The molecule has 1 aliphatic rings. The lowest BCUT2D eigenvalue weighted by atomic mass is 10.0. The first-order valence-corrected chi connectivity index (χ1v) is 8.98. The van der Waals surface area contributed by atoms with Gasteiger partial charge in [0.2, 0.25) is 0 Å². The van der Waals surface area contributed by atoms with Crippen molar-refractivity contribution in [2.24, 2.45) is 0 Å². The second-order valence-electron chi connectivity index (χ2n) is 5.82. The average Bonchev–Trinajstić information content (AvgIpc) is 2.64. The predicted molar refractivity (Wildman–Crippen MR) is 101 cm³/mol. The van der Waals surface area contributed by atoms with Crippen LogP contribution >= 0.6 is 15.9 Å². The van der Waals surface area contributed by atoms with Crippen LogP contribution in [0.2, 0.25) is 0 Å². The number of amides is 1. The molecule has 1 heterocycles. The van der Waals surface area contributed by atoms with Crippen LogP contribution in [0.15, 0.2) is 40.9 Å². The maximum atomic E-state index is 13.0. The molecular formula is C19H21BrN2O3. The van der Waals surface area contributed by atoms with Crippen LogP contribution in [0.3, 0.4) is 0 Å². The first kappa shape index (κ1) is 17.6. The third-order valence-electron chi connectivity index (χ3n) is 4.28. The predicted octanol–water partition coefficient (Wildman–Crippen LogP) is 4.44. The van der Waals surface area contributed by atoms with E-state index in [1.54, 1.807) is 14.2 Å². The second kappa shape index (κ2) is 7.35. The minimum Gasteiger partial charge on any atom is -0.493 e. The number of anilines is 1. The maximum absolute atomic E-state index is 13.0. The fourth-order valence-corrected chi connectivity index (χ4v) is 3.63. The second-order valence-corrected chi connectivity index (χ2v) is 6.67. The van der Waals surface area contributed by atoms with Crippen molar-refractivity contribution < 1.29 is 14.3 Å². The summed E-state index contributed by atoms with van der Waals surface area (Å²) in [7, 11) is 3.21. The van der Waals surface area contributed by atoms with Gasteiger partial charge in [-0.3, -0.25) is 4.79 Å². The first-order chi connectivity index (χ1) is 12.1. The van der Waals surface area contributed by atoms with Crippen molar-refractivity contribution >= 4 is 27.5 Å². The van der Waals surface area contributed by atoms with Crippen molar-refractivity contribution in [3.63, 3.8) is 0 Å². The van der Waals surface area contributed by atoms with E-state index in [-0.39, 0.29) is 12.1 Å². The van der Waals surface area contributed by atoms with Gasteiger partial charge in [0.1, 0.15) is 6.17 Å². The number of carbonyl (C=O) groups excluding carboxylic acids is 1. The van der Waals surface area contributed by atoms with Crippen LogP contribution < -0.4 is 14.8 Å². The number of rotatable bonds is 5. The van der Waals surface area contributed by atoms with Gasteiger partial charge in [-0.25, -0.2) is 0 Å². The number of nitrogens with one attached hydrogen (secondary N) is 1. The van der Waals surface area contributed by atoms with Crippen LogP contribution in [0.25, 0.3) is 0 Å². The number of para-hydroxylation sites is 1. The summed E-state index contributed by atoms with van der Waals surface area (Å²) in [5.41, 5.74) is 2.46. The van der Waals surface area contributed by atoms with E-state index in [9.17, 15) is 4.79 Å². The largest absolute Gasteiger partial charge is 0.493 e. The summed E-state index contributed by atoms with van der Waals surface area (Å²) >= 11 is 3.61. The zero-order valence-electron chi connectivity index (χ0n) is 14.5. The monoisotopic (exact) mass is 404 g/mol. The molecule has 132 valence electrons. The van der Waals surface area contributed by atoms with Crippen molar-refractivity contribution in [1.82, 2.24) is 4.90 Å². The molecule has 0 radical (unpaired) electrons. The number of fused-ring (bicyclic) bond motifs is 1. The summed E-state index contributed by atoms with van der Waals surface area (Å²) in [6.45, 7) is 2.72. The minimum atomic E-state index is -0.281. The van der Waals surface area contributed by atoms with Gasteiger partial charge in [-0.1, -0.05) is 35.0 Å². The fraction of sp³-hybridized carbons (Fsp3) is 0.316. The van der Waals surface area contributed by atoms with Crippen molar-refractivity contribution in [3.05, 3.63) is 52.0 Å². The fourth-order valence-electron chi connectivity index (χ4n) is 3.09. The minimum absolute atomic E-state index is 0.0304. The molecule has 5 nitrogen and oxygen atoms in total. The van der Waals surface area contributed by atoms with Gasteiger partial charge in [-0.15, -0.1) is 0 Å². The molecule has 1 atom stereocenters. The Morgan fingerprint density at radius 3 is 2.52 bits per heavy atom. The molecule has 1 N–H and O–H groups in total. The number of ether oxygens (including phenoxy) is 2. The molecule has 3 rings (SSSR count). The van der Waals surface area contributed by atoms with E-state index >= 15 is 0 Å². The summed E-state index contributed by atoms with van der Waals surface area (Å²) in [5, 5.41) is 3.49. The molecule has 0 saturated heterocycles. The van der Waals surface area contributed by atoms with E-state index in [1.165, 1.54) is 0 Å².